The molecule has 0 rings (SSSR count). The maximum atomic E-state index is 8.38. The first-order valence-corrected chi connectivity index (χ1v) is 5.45. The molecule has 0 aromatic carbocycles. The number of rotatable bonds is 5. The smallest absolute Gasteiger partial charge is 0.0626 e. The lowest BCUT2D eigenvalue weighted by Gasteiger charge is -2.28. The highest BCUT2D eigenvalue weighted by Gasteiger charge is 2.12. The Labute approximate surface area is 89.9 Å². The molecule has 13 heavy (non-hydrogen) atoms. The Kier molecular flexibility index (Phi) is 10.5. The third-order valence-corrected chi connectivity index (χ3v) is 3.22. The van der Waals surface area contributed by atoms with Crippen LogP contribution in [0.2, 0.25) is 0 Å². The molecule has 0 heterocycles. The highest BCUT2D eigenvalue weighted by atomic mass is 35.5. The molecular formula is C9H19ClN2P. The minimum Gasteiger partial charge on any atom is -0.272 e. The molecule has 0 bridgehead atoms. The van der Waals surface area contributed by atoms with Crippen molar-refractivity contribution in [3.8, 4) is 6.07 Å². The second-order valence-electron chi connectivity index (χ2n) is 3.34. The van der Waals surface area contributed by atoms with Gasteiger partial charge in [0.15, 0.2) is 0 Å². The van der Waals surface area contributed by atoms with Crippen molar-refractivity contribution in [3.63, 3.8) is 0 Å². The minimum atomic E-state index is 0. The Balaban J connectivity index is 0. The molecule has 4 heteroatoms. The zero-order chi connectivity index (χ0) is 9.56. The predicted molar refractivity (Wildman–Crippen MR) is 61.4 cm³/mol. The van der Waals surface area contributed by atoms with Crippen molar-refractivity contribution >= 4 is 21.1 Å². The predicted octanol–water partition coefficient (Wildman–Crippen LogP) is 3.30. The molecule has 0 atom stereocenters. The maximum absolute atomic E-state index is 8.38. The summed E-state index contributed by atoms with van der Waals surface area (Å²) in [5.41, 5.74) is 0. The highest BCUT2D eigenvalue weighted by Crippen LogP contribution is 2.24. The second kappa shape index (κ2) is 8.75. The molecule has 1 radical (unpaired) electrons. The summed E-state index contributed by atoms with van der Waals surface area (Å²) in [4.78, 5) is 0. The summed E-state index contributed by atoms with van der Waals surface area (Å²) in [6.07, 6.45) is 1.63. The van der Waals surface area contributed by atoms with E-state index in [2.05, 4.69) is 38.4 Å². The summed E-state index contributed by atoms with van der Waals surface area (Å²) >= 11 is 0. The highest BCUT2D eigenvalue weighted by molar-refractivity contribution is 7.35. The van der Waals surface area contributed by atoms with Crippen LogP contribution < -0.4 is 0 Å². The van der Waals surface area contributed by atoms with Crippen LogP contribution in [0, 0.1) is 11.3 Å². The molecule has 0 saturated heterocycles. The van der Waals surface area contributed by atoms with Crippen molar-refractivity contribution in [2.45, 2.75) is 46.2 Å². The standard InChI is InChI=1S/C9H18N2P.ClH/c1-8(2)11(9(3)4)12-7-5-6-10;/h8-9H,5,7H2,1-4H3;1H. The Morgan fingerprint density at radius 2 is 1.69 bits per heavy atom. The van der Waals surface area contributed by atoms with Crippen LogP contribution in [0.25, 0.3) is 0 Å². The van der Waals surface area contributed by atoms with Crippen molar-refractivity contribution in [2.75, 3.05) is 6.16 Å². The first-order chi connectivity index (χ1) is 5.59. The molecule has 0 aliphatic rings. The molecule has 0 N–H and O–H groups in total. The summed E-state index contributed by atoms with van der Waals surface area (Å²) in [6.45, 7) is 8.78. The molecule has 0 saturated carbocycles. The van der Waals surface area contributed by atoms with E-state index in [1.165, 1.54) is 8.73 Å². The molecule has 77 valence electrons. The molecule has 0 amide bonds. The van der Waals surface area contributed by atoms with Crippen molar-refractivity contribution < 1.29 is 0 Å². The van der Waals surface area contributed by atoms with Crippen molar-refractivity contribution in [3.05, 3.63) is 0 Å². The van der Waals surface area contributed by atoms with Crippen LogP contribution in [0.3, 0.4) is 0 Å². The lowest BCUT2D eigenvalue weighted by molar-refractivity contribution is 0.328. The van der Waals surface area contributed by atoms with E-state index in [0.717, 1.165) is 6.16 Å². The van der Waals surface area contributed by atoms with Gasteiger partial charge < -0.3 is 0 Å². The van der Waals surface area contributed by atoms with E-state index in [-0.39, 0.29) is 12.4 Å². The zero-order valence-corrected chi connectivity index (χ0v) is 10.5. The van der Waals surface area contributed by atoms with Crippen LogP contribution in [-0.2, 0) is 0 Å². The van der Waals surface area contributed by atoms with E-state index in [9.17, 15) is 0 Å². The van der Waals surface area contributed by atoms with E-state index in [1.807, 2.05) is 0 Å². The van der Waals surface area contributed by atoms with E-state index in [1.54, 1.807) is 0 Å². The Hall–Kier alpha value is 0.170. The maximum Gasteiger partial charge on any atom is 0.0626 e. The molecular weight excluding hydrogens is 203 g/mol. The summed E-state index contributed by atoms with van der Waals surface area (Å²) in [6, 6.07) is 3.32. The SMILES string of the molecule is CC(C)N([P]CCC#N)C(C)C.Cl. The number of nitriles is 1. The van der Waals surface area contributed by atoms with Crippen LogP contribution in [0.15, 0.2) is 0 Å². The summed E-state index contributed by atoms with van der Waals surface area (Å²) in [5.74, 6) is 0. The van der Waals surface area contributed by atoms with E-state index < -0.39 is 0 Å². The fourth-order valence-electron chi connectivity index (χ4n) is 1.14. The van der Waals surface area contributed by atoms with E-state index >= 15 is 0 Å². The van der Waals surface area contributed by atoms with Gasteiger partial charge in [0.25, 0.3) is 0 Å². The zero-order valence-electron chi connectivity index (χ0n) is 8.82. The number of nitrogens with zero attached hydrogens (tertiary/aromatic N) is 2. The van der Waals surface area contributed by atoms with Gasteiger partial charge in [-0.05, 0) is 33.9 Å². The molecule has 0 unspecified atom stereocenters. The van der Waals surface area contributed by atoms with Gasteiger partial charge in [0, 0.05) is 27.2 Å². The van der Waals surface area contributed by atoms with Gasteiger partial charge >= 0.3 is 0 Å². The average Bonchev–Trinajstić information content (AvgIpc) is 1.96. The fraction of sp³-hybridized carbons (Fsp3) is 0.889. The Bertz CT molecular complexity index is 146. The van der Waals surface area contributed by atoms with Gasteiger partial charge in [0.2, 0.25) is 0 Å². The van der Waals surface area contributed by atoms with Crippen LogP contribution in [-0.4, -0.2) is 22.9 Å². The third-order valence-electron chi connectivity index (χ3n) is 1.55. The summed E-state index contributed by atoms with van der Waals surface area (Å²) in [7, 11) is 1.29. The van der Waals surface area contributed by atoms with Crippen molar-refractivity contribution in [1.29, 1.82) is 5.26 Å². The molecule has 0 aliphatic carbocycles. The summed E-state index contributed by atoms with van der Waals surface area (Å²) < 4.78 is 2.39. The first-order valence-electron chi connectivity index (χ1n) is 4.42. The van der Waals surface area contributed by atoms with Crippen LogP contribution >= 0.6 is 21.1 Å². The van der Waals surface area contributed by atoms with Gasteiger partial charge in [0.05, 0.1) is 6.07 Å². The Morgan fingerprint density at radius 3 is 2.00 bits per heavy atom. The van der Waals surface area contributed by atoms with E-state index in [0.29, 0.717) is 18.5 Å². The van der Waals surface area contributed by atoms with Crippen LogP contribution in [0.4, 0.5) is 0 Å². The molecule has 0 aromatic heterocycles. The molecule has 0 aromatic rings. The number of halogens is 1. The normalized spacial score (nSPS) is 11.2. The van der Waals surface area contributed by atoms with Gasteiger partial charge in [-0.15, -0.1) is 12.4 Å². The van der Waals surface area contributed by atoms with Gasteiger partial charge in [0.1, 0.15) is 0 Å². The molecule has 0 fully saturated rings. The monoisotopic (exact) mass is 221 g/mol. The molecule has 0 aliphatic heterocycles. The quantitative estimate of drug-likeness (QED) is 0.526. The third kappa shape index (κ3) is 7.26. The fourth-order valence-corrected chi connectivity index (χ4v) is 2.22. The van der Waals surface area contributed by atoms with Gasteiger partial charge in [-0.1, -0.05) is 0 Å². The van der Waals surface area contributed by atoms with Crippen molar-refractivity contribution in [2.24, 2.45) is 0 Å². The number of hydrogen-bond donors (Lipinski definition) is 0. The molecule has 0 spiro atoms. The second-order valence-corrected chi connectivity index (χ2v) is 4.53. The largest absolute Gasteiger partial charge is 0.272 e. The summed E-state index contributed by atoms with van der Waals surface area (Å²) in [5, 5.41) is 8.38. The lowest BCUT2D eigenvalue weighted by atomic mass is 10.3. The topological polar surface area (TPSA) is 27.0 Å². The lowest BCUT2D eigenvalue weighted by Crippen LogP contribution is -2.29. The van der Waals surface area contributed by atoms with Gasteiger partial charge in [-0.3, -0.25) is 4.67 Å². The van der Waals surface area contributed by atoms with Gasteiger partial charge in [-0.2, -0.15) is 5.26 Å². The van der Waals surface area contributed by atoms with Gasteiger partial charge in [-0.25, -0.2) is 0 Å². The Morgan fingerprint density at radius 1 is 1.23 bits per heavy atom. The van der Waals surface area contributed by atoms with E-state index in [4.69, 9.17) is 5.26 Å². The average molecular weight is 222 g/mol. The molecule has 2 nitrogen and oxygen atoms in total. The van der Waals surface area contributed by atoms with Crippen molar-refractivity contribution in [1.82, 2.24) is 4.67 Å². The van der Waals surface area contributed by atoms with Crippen LogP contribution in [0.5, 0.6) is 0 Å². The van der Waals surface area contributed by atoms with Crippen LogP contribution in [0.1, 0.15) is 34.1 Å². The number of hydrogen-bond acceptors (Lipinski definition) is 2. The minimum absolute atomic E-state index is 0. The first kappa shape index (κ1) is 15.6.